The van der Waals surface area contributed by atoms with Gasteiger partial charge in [0.15, 0.2) is 0 Å². The summed E-state index contributed by atoms with van der Waals surface area (Å²) in [6.07, 6.45) is 1.77. The third-order valence-electron chi connectivity index (χ3n) is 2.47. The van der Waals surface area contributed by atoms with Gasteiger partial charge >= 0.3 is 0 Å². The molecule has 0 bridgehead atoms. The second-order valence-corrected chi connectivity index (χ2v) is 3.79. The number of fused-ring (bicyclic) bond motifs is 1. The summed E-state index contributed by atoms with van der Waals surface area (Å²) < 4.78 is 5.44. The van der Waals surface area contributed by atoms with Gasteiger partial charge in [-0.15, -0.1) is 0 Å². The molecule has 0 saturated carbocycles. The Morgan fingerprint density at radius 3 is 2.33 bits per heavy atom. The standard InChI is InChI=1S/C12H14O.C2H6/c1-8(2)10-5-4-9(3)12-11(10)6-7-13-12;1-2/h4-8H,1-3H3;1-2H3. The SMILES string of the molecule is CC.Cc1ccc(C(C)C)c2ccoc12. The van der Waals surface area contributed by atoms with Crippen LogP contribution in [0.3, 0.4) is 0 Å². The average molecular weight is 204 g/mol. The summed E-state index contributed by atoms with van der Waals surface area (Å²) in [5.41, 5.74) is 3.62. The Bertz CT molecular complexity index is 424. The predicted octanol–water partition coefficient (Wildman–Crippen LogP) is 4.89. The van der Waals surface area contributed by atoms with E-state index in [2.05, 4.69) is 39.0 Å². The summed E-state index contributed by atoms with van der Waals surface area (Å²) in [5, 5.41) is 1.26. The molecule has 1 heterocycles. The summed E-state index contributed by atoms with van der Waals surface area (Å²) >= 11 is 0. The van der Waals surface area contributed by atoms with Crippen LogP contribution in [0.5, 0.6) is 0 Å². The van der Waals surface area contributed by atoms with Crippen molar-refractivity contribution in [2.24, 2.45) is 0 Å². The zero-order valence-corrected chi connectivity index (χ0v) is 10.3. The van der Waals surface area contributed by atoms with Gasteiger partial charge in [-0.05, 0) is 30.0 Å². The Morgan fingerprint density at radius 2 is 1.73 bits per heavy atom. The van der Waals surface area contributed by atoms with E-state index in [9.17, 15) is 0 Å². The normalized spacial score (nSPS) is 10.3. The second kappa shape index (κ2) is 5.01. The summed E-state index contributed by atoms with van der Waals surface area (Å²) in [4.78, 5) is 0. The molecule has 0 spiro atoms. The predicted molar refractivity (Wildman–Crippen MR) is 66.4 cm³/mol. The van der Waals surface area contributed by atoms with Crippen LogP contribution in [0.4, 0.5) is 0 Å². The van der Waals surface area contributed by atoms with Gasteiger partial charge in [0, 0.05) is 5.39 Å². The van der Waals surface area contributed by atoms with Crippen molar-refractivity contribution in [2.45, 2.75) is 40.5 Å². The quantitative estimate of drug-likeness (QED) is 0.644. The first-order valence-electron chi connectivity index (χ1n) is 5.67. The number of hydrogen-bond acceptors (Lipinski definition) is 1. The van der Waals surface area contributed by atoms with E-state index in [1.54, 1.807) is 6.26 Å². The lowest BCUT2D eigenvalue weighted by Gasteiger charge is -2.07. The summed E-state index contributed by atoms with van der Waals surface area (Å²) in [7, 11) is 0. The van der Waals surface area contributed by atoms with E-state index in [4.69, 9.17) is 4.42 Å². The highest BCUT2D eigenvalue weighted by Crippen LogP contribution is 2.28. The van der Waals surface area contributed by atoms with Crippen molar-refractivity contribution >= 4 is 11.0 Å². The lowest BCUT2D eigenvalue weighted by atomic mass is 9.98. The maximum Gasteiger partial charge on any atom is 0.137 e. The minimum atomic E-state index is 0.556. The highest BCUT2D eigenvalue weighted by molar-refractivity contribution is 5.84. The minimum absolute atomic E-state index is 0.556. The molecular formula is C14H20O. The Kier molecular flexibility index (Phi) is 3.96. The molecule has 0 aliphatic carbocycles. The van der Waals surface area contributed by atoms with Crippen molar-refractivity contribution in [3.05, 3.63) is 35.6 Å². The van der Waals surface area contributed by atoms with Crippen LogP contribution >= 0.6 is 0 Å². The molecule has 0 atom stereocenters. The molecule has 1 heteroatoms. The van der Waals surface area contributed by atoms with E-state index in [0.717, 1.165) is 5.58 Å². The smallest absolute Gasteiger partial charge is 0.137 e. The van der Waals surface area contributed by atoms with Gasteiger partial charge in [-0.25, -0.2) is 0 Å². The van der Waals surface area contributed by atoms with Gasteiger partial charge in [-0.3, -0.25) is 0 Å². The van der Waals surface area contributed by atoms with Gasteiger partial charge in [-0.1, -0.05) is 39.8 Å². The van der Waals surface area contributed by atoms with Crippen molar-refractivity contribution in [3.63, 3.8) is 0 Å². The summed E-state index contributed by atoms with van der Waals surface area (Å²) in [5.74, 6) is 0.556. The van der Waals surface area contributed by atoms with Gasteiger partial charge in [0.2, 0.25) is 0 Å². The van der Waals surface area contributed by atoms with Gasteiger partial charge in [0.1, 0.15) is 5.58 Å². The molecule has 2 rings (SSSR count). The van der Waals surface area contributed by atoms with Crippen molar-refractivity contribution in [1.29, 1.82) is 0 Å². The zero-order chi connectivity index (χ0) is 11.4. The highest BCUT2D eigenvalue weighted by Gasteiger charge is 2.08. The number of rotatable bonds is 1. The largest absolute Gasteiger partial charge is 0.464 e. The van der Waals surface area contributed by atoms with Gasteiger partial charge in [0.25, 0.3) is 0 Å². The molecular weight excluding hydrogens is 184 g/mol. The molecule has 0 unspecified atom stereocenters. The molecule has 82 valence electrons. The van der Waals surface area contributed by atoms with E-state index in [-0.39, 0.29) is 0 Å². The first-order valence-corrected chi connectivity index (χ1v) is 5.67. The van der Waals surface area contributed by atoms with Crippen molar-refractivity contribution < 1.29 is 4.42 Å². The molecule has 0 N–H and O–H groups in total. The van der Waals surface area contributed by atoms with Gasteiger partial charge < -0.3 is 4.42 Å². The molecule has 0 amide bonds. The fourth-order valence-electron chi connectivity index (χ4n) is 1.73. The van der Waals surface area contributed by atoms with Gasteiger partial charge in [0.05, 0.1) is 6.26 Å². The molecule has 0 aliphatic heterocycles. The number of aryl methyl sites for hydroxylation is 1. The van der Waals surface area contributed by atoms with E-state index in [1.807, 2.05) is 13.8 Å². The lowest BCUT2D eigenvalue weighted by Crippen LogP contribution is -1.88. The zero-order valence-electron chi connectivity index (χ0n) is 10.3. The molecule has 15 heavy (non-hydrogen) atoms. The van der Waals surface area contributed by atoms with Crippen LogP contribution in [-0.4, -0.2) is 0 Å². The van der Waals surface area contributed by atoms with Crippen LogP contribution in [-0.2, 0) is 0 Å². The molecule has 1 aromatic carbocycles. The van der Waals surface area contributed by atoms with Crippen LogP contribution in [0.1, 0.15) is 44.7 Å². The summed E-state index contributed by atoms with van der Waals surface area (Å²) in [6.45, 7) is 10.5. The first-order chi connectivity index (χ1) is 7.20. The van der Waals surface area contributed by atoms with E-state index < -0.39 is 0 Å². The Morgan fingerprint density at radius 1 is 1.07 bits per heavy atom. The van der Waals surface area contributed by atoms with E-state index >= 15 is 0 Å². The number of benzene rings is 1. The molecule has 0 radical (unpaired) electrons. The lowest BCUT2D eigenvalue weighted by molar-refractivity contribution is 0.613. The summed E-state index contributed by atoms with van der Waals surface area (Å²) in [6, 6.07) is 6.37. The monoisotopic (exact) mass is 204 g/mol. The highest BCUT2D eigenvalue weighted by atomic mass is 16.3. The van der Waals surface area contributed by atoms with E-state index in [1.165, 1.54) is 16.5 Å². The van der Waals surface area contributed by atoms with Crippen LogP contribution in [0, 0.1) is 6.92 Å². The van der Waals surface area contributed by atoms with Gasteiger partial charge in [-0.2, -0.15) is 0 Å². The second-order valence-electron chi connectivity index (χ2n) is 3.79. The van der Waals surface area contributed by atoms with Crippen LogP contribution in [0.25, 0.3) is 11.0 Å². The Hall–Kier alpha value is -1.24. The average Bonchev–Trinajstić information content (AvgIpc) is 2.70. The Labute approximate surface area is 92.1 Å². The van der Waals surface area contributed by atoms with Crippen molar-refractivity contribution in [2.75, 3.05) is 0 Å². The van der Waals surface area contributed by atoms with Crippen LogP contribution in [0.15, 0.2) is 28.9 Å². The molecule has 1 nitrogen and oxygen atoms in total. The number of hydrogen-bond donors (Lipinski definition) is 0. The maximum absolute atomic E-state index is 5.44. The molecule has 0 saturated heterocycles. The first kappa shape index (κ1) is 11.8. The molecule has 0 aliphatic rings. The molecule has 0 fully saturated rings. The maximum atomic E-state index is 5.44. The fourth-order valence-corrected chi connectivity index (χ4v) is 1.73. The minimum Gasteiger partial charge on any atom is -0.464 e. The fraction of sp³-hybridized carbons (Fsp3) is 0.429. The molecule has 1 aromatic heterocycles. The Balaban J connectivity index is 0.000000531. The molecule has 2 aromatic rings. The topological polar surface area (TPSA) is 13.1 Å². The van der Waals surface area contributed by atoms with E-state index in [0.29, 0.717) is 5.92 Å². The number of furan rings is 1. The third kappa shape index (κ3) is 2.23. The van der Waals surface area contributed by atoms with Crippen LogP contribution < -0.4 is 0 Å². The van der Waals surface area contributed by atoms with Crippen molar-refractivity contribution in [3.8, 4) is 0 Å². The third-order valence-corrected chi connectivity index (χ3v) is 2.47. The van der Waals surface area contributed by atoms with Crippen molar-refractivity contribution in [1.82, 2.24) is 0 Å². The van der Waals surface area contributed by atoms with Crippen LogP contribution in [0.2, 0.25) is 0 Å².